The molecule has 0 atom stereocenters. The molecular formula is C4H9NO2S. The van der Waals surface area contributed by atoms with Crippen molar-refractivity contribution >= 4 is 18.7 Å². The van der Waals surface area contributed by atoms with Crippen LogP contribution in [-0.2, 0) is 4.74 Å². The number of ether oxygens (including phenoxy) is 1. The molecule has 0 bridgehead atoms. The van der Waals surface area contributed by atoms with E-state index in [-0.39, 0.29) is 0 Å². The Kier molecular flexibility index (Phi) is 4.54. The van der Waals surface area contributed by atoms with Gasteiger partial charge in [-0.15, -0.1) is 0 Å². The number of hydrogen-bond donors (Lipinski definition) is 2. The highest BCUT2D eigenvalue weighted by Gasteiger charge is 1.93. The van der Waals surface area contributed by atoms with Gasteiger partial charge in [0.25, 0.3) is 0 Å². The van der Waals surface area contributed by atoms with Gasteiger partial charge in [0.15, 0.2) is 0 Å². The van der Waals surface area contributed by atoms with Gasteiger partial charge in [-0.1, -0.05) is 0 Å². The van der Waals surface area contributed by atoms with Gasteiger partial charge in [0.1, 0.15) is 0 Å². The summed E-state index contributed by atoms with van der Waals surface area (Å²) in [5.74, 6) is 0.318. The number of hydrogen-bond acceptors (Lipinski definition) is 3. The van der Waals surface area contributed by atoms with Crippen molar-refractivity contribution in [2.75, 3.05) is 12.5 Å². The first-order chi connectivity index (χ1) is 3.81. The first kappa shape index (κ1) is 7.62. The molecule has 0 aromatic carbocycles. The van der Waals surface area contributed by atoms with Crippen LogP contribution in [0.3, 0.4) is 0 Å². The molecular weight excluding hydrogens is 126 g/mol. The van der Waals surface area contributed by atoms with Crippen molar-refractivity contribution < 1.29 is 9.53 Å². The van der Waals surface area contributed by atoms with Gasteiger partial charge in [-0.3, -0.25) is 0 Å². The van der Waals surface area contributed by atoms with Crippen LogP contribution in [0, 0.1) is 0 Å². The van der Waals surface area contributed by atoms with Gasteiger partial charge in [-0.25, -0.2) is 4.79 Å². The monoisotopic (exact) mass is 135 g/mol. The van der Waals surface area contributed by atoms with Crippen LogP contribution in [-0.4, -0.2) is 18.6 Å². The van der Waals surface area contributed by atoms with Gasteiger partial charge >= 0.3 is 6.09 Å². The lowest BCUT2D eigenvalue weighted by molar-refractivity contribution is 0.154. The quantitative estimate of drug-likeness (QED) is 0.430. The predicted octanol–water partition coefficient (Wildman–Crippen LogP) is 0.620. The lowest BCUT2D eigenvalue weighted by Gasteiger charge is -1.98. The van der Waals surface area contributed by atoms with Crippen molar-refractivity contribution in [3.8, 4) is 0 Å². The smallest absolute Gasteiger partial charge is 0.407 e. The SMILES string of the molecule is CCOC(=O)NCS. The molecule has 0 fully saturated rings. The molecule has 0 aromatic heterocycles. The molecule has 1 amide bonds. The van der Waals surface area contributed by atoms with Crippen LogP contribution < -0.4 is 5.32 Å². The minimum Gasteiger partial charge on any atom is -0.450 e. The van der Waals surface area contributed by atoms with E-state index in [0.29, 0.717) is 12.5 Å². The minimum atomic E-state index is -0.414. The van der Waals surface area contributed by atoms with E-state index in [1.165, 1.54) is 0 Å². The Morgan fingerprint density at radius 1 is 1.88 bits per heavy atom. The summed E-state index contributed by atoms with van der Waals surface area (Å²) in [4.78, 5) is 10.3. The maximum Gasteiger partial charge on any atom is 0.407 e. The Balaban J connectivity index is 3.06. The third kappa shape index (κ3) is 3.80. The average molecular weight is 135 g/mol. The summed E-state index contributed by atoms with van der Waals surface area (Å²) in [5.41, 5.74) is 0. The van der Waals surface area contributed by atoms with Crippen LogP contribution in [0.2, 0.25) is 0 Å². The van der Waals surface area contributed by atoms with E-state index in [0.717, 1.165) is 0 Å². The van der Waals surface area contributed by atoms with Crippen molar-refractivity contribution in [2.45, 2.75) is 6.92 Å². The number of carbonyl (C=O) groups is 1. The standard InChI is InChI=1S/C4H9NO2S/c1-2-7-4(6)5-3-8/h8H,2-3H2,1H3,(H,5,6). The van der Waals surface area contributed by atoms with E-state index in [2.05, 4.69) is 22.7 Å². The Labute approximate surface area is 53.8 Å². The van der Waals surface area contributed by atoms with Gasteiger partial charge in [0.05, 0.1) is 12.5 Å². The first-order valence-corrected chi connectivity index (χ1v) is 2.96. The summed E-state index contributed by atoms with van der Waals surface area (Å²) in [6.45, 7) is 2.15. The first-order valence-electron chi connectivity index (χ1n) is 2.32. The van der Waals surface area contributed by atoms with Crippen molar-refractivity contribution in [1.29, 1.82) is 0 Å². The molecule has 0 radical (unpaired) electrons. The highest BCUT2D eigenvalue weighted by molar-refractivity contribution is 7.80. The Morgan fingerprint density at radius 3 is 2.88 bits per heavy atom. The summed E-state index contributed by atoms with van der Waals surface area (Å²) in [5, 5.41) is 2.35. The fraction of sp³-hybridized carbons (Fsp3) is 0.750. The second kappa shape index (κ2) is 4.77. The third-order valence-corrected chi connectivity index (χ3v) is 0.657. The van der Waals surface area contributed by atoms with E-state index in [1.54, 1.807) is 6.92 Å². The third-order valence-electron chi connectivity index (χ3n) is 0.499. The summed E-state index contributed by atoms with van der Waals surface area (Å²) in [7, 11) is 0. The number of carbonyl (C=O) groups excluding carboxylic acids is 1. The molecule has 0 saturated carbocycles. The number of thiol groups is 1. The van der Waals surface area contributed by atoms with Gasteiger partial charge in [-0.2, -0.15) is 12.6 Å². The molecule has 0 aliphatic heterocycles. The fourth-order valence-corrected chi connectivity index (χ4v) is 0.376. The van der Waals surface area contributed by atoms with Crippen molar-refractivity contribution in [3.05, 3.63) is 0 Å². The normalized spacial score (nSPS) is 8.25. The molecule has 0 unspecified atom stereocenters. The highest BCUT2D eigenvalue weighted by Crippen LogP contribution is 1.75. The summed E-state index contributed by atoms with van der Waals surface area (Å²) < 4.78 is 4.48. The van der Waals surface area contributed by atoms with Crippen LogP contribution in [0.4, 0.5) is 4.79 Å². The molecule has 0 spiro atoms. The summed E-state index contributed by atoms with van der Waals surface area (Å²) >= 11 is 3.74. The number of amides is 1. The van der Waals surface area contributed by atoms with Crippen LogP contribution in [0.25, 0.3) is 0 Å². The summed E-state index contributed by atoms with van der Waals surface area (Å²) in [6.07, 6.45) is -0.414. The lowest BCUT2D eigenvalue weighted by Crippen LogP contribution is -2.22. The van der Waals surface area contributed by atoms with E-state index >= 15 is 0 Å². The molecule has 0 aliphatic carbocycles. The molecule has 0 aromatic rings. The lowest BCUT2D eigenvalue weighted by atomic mass is 10.9. The van der Waals surface area contributed by atoms with Crippen LogP contribution in [0.15, 0.2) is 0 Å². The predicted molar refractivity (Wildman–Crippen MR) is 34.0 cm³/mol. The highest BCUT2D eigenvalue weighted by atomic mass is 32.1. The van der Waals surface area contributed by atoms with Gasteiger partial charge < -0.3 is 10.1 Å². The minimum absolute atomic E-state index is 0.318. The van der Waals surface area contributed by atoms with Crippen LogP contribution >= 0.6 is 12.6 Å². The van der Waals surface area contributed by atoms with E-state index in [9.17, 15) is 4.79 Å². The fourth-order valence-electron chi connectivity index (χ4n) is 0.247. The maximum absolute atomic E-state index is 10.3. The zero-order valence-electron chi connectivity index (χ0n) is 4.68. The van der Waals surface area contributed by atoms with Crippen molar-refractivity contribution in [1.82, 2.24) is 5.32 Å². The molecule has 0 saturated heterocycles. The van der Waals surface area contributed by atoms with E-state index in [1.807, 2.05) is 0 Å². The van der Waals surface area contributed by atoms with Crippen LogP contribution in [0.5, 0.6) is 0 Å². The Morgan fingerprint density at radius 2 is 2.50 bits per heavy atom. The Bertz CT molecular complexity index is 68.4. The molecule has 0 aliphatic rings. The number of alkyl carbamates (subject to hydrolysis) is 1. The van der Waals surface area contributed by atoms with E-state index in [4.69, 9.17) is 0 Å². The molecule has 0 heterocycles. The average Bonchev–Trinajstić information content (AvgIpc) is 1.68. The number of rotatable bonds is 2. The Hall–Kier alpha value is -0.380. The molecule has 3 nitrogen and oxygen atoms in total. The van der Waals surface area contributed by atoms with Crippen LogP contribution in [0.1, 0.15) is 6.92 Å². The molecule has 8 heavy (non-hydrogen) atoms. The van der Waals surface area contributed by atoms with Gasteiger partial charge in [0.2, 0.25) is 0 Å². The summed E-state index contributed by atoms with van der Waals surface area (Å²) in [6, 6.07) is 0. The van der Waals surface area contributed by atoms with Crippen molar-refractivity contribution in [2.24, 2.45) is 0 Å². The van der Waals surface area contributed by atoms with Crippen molar-refractivity contribution in [3.63, 3.8) is 0 Å². The molecule has 4 heteroatoms. The largest absolute Gasteiger partial charge is 0.450 e. The second-order valence-corrected chi connectivity index (χ2v) is 1.37. The zero-order chi connectivity index (χ0) is 6.41. The zero-order valence-corrected chi connectivity index (χ0v) is 5.57. The molecule has 48 valence electrons. The van der Waals surface area contributed by atoms with Gasteiger partial charge in [0, 0.05) is 0 Å². The van der Waals surface area contributed by atoms with E-state index < -0.39 is 6.09 Å². The number of nitrogens with one attached hydrogen (secondary N) is 1. The molecule has 1 N–H and O–H groups in total. The second-order valence-electron chi connectivity index (χ2n) is 1.06. The van der Waals surface area contributed by atoms with Gasteiger partial charge in [-0.05, 0) is 6.92 Å². The maximum atomic E-state index is 10.3. The molecule has 0 rings (SSSR count). The topological polar surface area (TPSA) is 38.3 Å².